The summed E-state index contributed by atoms with van der Waals surface area (Å²) in [6.45, 7) is 8.47. The molecule has 0 aromatic carbocycles. The lowest BCUT2D eigenvalue weighted by Gasteiger charge is -2.12. The number of carbonyl (C=O) groups excluding carboxylic acids is 1. The Morgan fingerprint density at radius 3 is 2.33 bits per heavy atom. The minimum atomic E-state index is 0.217. The van der Waals surface area contributed by atoms with Crippen molar-refractivity contribution in [2.24, 2.45) is 5.92 Å². The van der Waals surface area contributed by atoms with E-state index in [9.17, 15) is 4.79 Å². The summed E-state index contributed by atoms with van der Waals surface area (Å²) in [4.78, 5) is 12.1. The molecule has 0 aromatic rings. The zero-order valence-corrected chi connectivity index (χ0v) is 10.8. The molecule has 0 N–H and O–H groups in total. The second-order valence-corrected chi connectivity index (χ2v) is 4.30. The second kappa shape index (κ2) is 8.70. The summed E-state index contributed by atoms with van der Waals surface area (Å²) in [5.41, 5.74) is 1.06. The van der Waals surface area contributed by atoms with Gasteiger partial charge in [0.15, 0.2) is 5.78 Å². The van der Waals surface area contributed by atoms with Crippen molar-refractivity contribution in [2.75, 3.05) is 0 Å². The minimum Gasteiger partial charge on any atom is -0.294 e. The monoisotopic (exact) mass is 210 g/mol. The van der Waals surface area contributed by atoms with E-state index in [2.05, 4.69) is 33.8 Å². The van der Waals surface area contributed by atoms with E-state index in [1.165, 1.54) is 12.8 Å². The lowest BCUT2D eigenvalue weighted by Crippen LogP contribution is -2.13. The van der Waals surface area contributed by atoms with Crippen molar-refractivity contribution in [1.29, 1.82) is 0 Å². The predicted molar refractivity (Wildman–Crippen MR) is 67.0 cm³/mol. The summed E-state index contributed by atoms with van der Waals surface area (Å²) in [5, 5.41) is 0. The molecule has 1 atom stereocenters. The molecule has 0 fully saturated rings. The van der Waals surface area contributed by atoms with Gasteiger partial charge < -0.3 is 0 Å². The van der Waals surface area contributed by atoms with Gasteiger partial charge in [-0.3, -0.25) is 4.79 Å². The molecular weight excluding hydrogens is 184 g/mol. The van der Waals surface area contributed by atoms with Crippen LogP contribution in [0.5, 0.6) is 0 Å². The molecule has 0 aromatic heterocycles. The standard InChI is InChI=1S/C14H26O/c1-5-8-11-12(4)14(15)13(9-6-2)10-7-3/h9,12H,5-8,10-11H2,1-4H3/b13-9+. The van der Waals surface area contributed by atoms with Crippen molar-refractivity contribution in [3.8, 4) is 0 Å². The van der Waals surface area contributed by atoms with Gasteiger partial charge in [0, 0.05) is 5.92 Å². The Morgan fingerprint density at radius 2 is 1.87 bits per heavy atom. The molecule has 0 saturated heterocycles. The van der Waals surface area contributed by atoms with Crippen LogP contribution in [0.25, 0.3) is 0 Å². The van der Waals surface area contributed by atoms with Crippen molar-refractivity contribution in [2.45, 2.75) is 66.2 Å². The van der Waals surface area contributed by atoms with Crippen LogP contribution in [0.4, 0.5) is 0 Å². The fraction of sp³-hybridized carbons (Fsp3) is 0.786. The summed E-state index contributed by atoms with van der Waals surface area (Å²) >= 11 is 0. The summed E-state index contributed by atoms with van der Waals surface area (Å²) in [7, 11) is 0. The van der Waals surface area contributed by atoms with Crippen molar-refractivity contribution in [3.05, 3.63) is 11.6 Å². The number of unbranched alkanes of at least 4 members (excludes halogenated alkanes) is 1. The van der Waals surface area contributed by atoms with E-state index in [0.29, 0.717) is 5.78 Å². The number of allylic oxidation sites excluding steroid dienone is 2. The molecule has 0 spiro atoms. The molecule has 1 heteroatoms. The first-order valence-corrected chi connectivity index (χ1v) is 6.40. The summed E-state index contributed by atoms with van der Waals surface area (Å²) < 4.78 is 0. The highest BCUT2D eigenvalue weighted by atomic mass is 16.1. The van der Waals surface area contributed by atoms with E-state index in [1.807, 2.05) is 0 Å². The topological polar surface area (TPSA) is 17.1 Å². The molecule has 0 saturated carbocycles. The Hall–Kier alpha value is -0.590. The fourth-order valence-electron chi connectivity index (χ4n) is 1.80. The number of Topliss-reactive ketones (excluding diaryl/α,β-unsaturated/α-hetero) is 1. The number of rotatable bonds is 8. The first-order valence-electron chi connectivity index (χ1n) is 6.40. The minimum absolute atomic E-state index is 0.217. The van der Waals surface area contributed by atoms with Crippen molar-refractivity contribution >= 4 is 5.78 Å². The Kier molecular flexibility index (Phi) is 8.35. The van der Waals surface area contributed by atoms with Crippen LogP contribution in [-0.2, 0) is 4.79 Å². The molecule has 0 radical (unpaired) electrons. The largest absolute Gasteiger partial charge is 0.294 e. The zero-order chi connectivity index (χ0) is 11.7. The first kappa shape index (κ1) is 14.4. The summed E-state index contributed by atoms with van der Waals surface area (Å²) in [6, 6.07) is 0. The number of carbonyl (C=O) groups is 1. The predicted octanol–water partition coefficient (Wildman–Crippen LogP) is 4.52. The van der Waals surface area contributed by atoms with Gasteiger partial charge in [0.1, 0.15) is 0 Å². The molecule has 1 unspecified atom stereocenters. The van der Waals surface area contributed by atoms with E-state index >= 15 is 0 Å². The van der Waals surface area contributed by atoms with Gasteiger partial charge in [-0.15, -0.1) is 0 Å². The van der Waals surface area contributed by atoms with Crippen molar-refractivity contribution < 1.29 is 4.79 Å². The van der Waals surface area contributed by atoms with E-state index < -0.39 is 0 Å². The third-order valence-electron chi connectivity index (χ3n) is 2.72. The molecule has 0 heterocycles. The third-order valence-corrected chi connectivity index (χ3v) is 2.72. The Morgan fingerprint density at radius 1 is 1.20 bits per heavy atom. The van der Waals surface area contributed by atoms with Gasteiger partial charge in [0.2, 0.25) is 0 Å². The van der Waals surface area contributed by atoms with Gasteiger partial charge in [-0.2, -0.15) is 0 Å². The van der Waals surface area contributed by atoms with E-state index in [-0.39, 0.29) is 5.92 Å². The van der Waals surface area contributed by atoms with E-state index in [1.54, 1.807) is 0 Å². The van der Waals surface area contributed by atoms with E-state index in [0.717, 1.165) is 31.3 Å². The number of hydrogen-bond donors (Lipinski definition) is 0. The van der Waals surface area contributed by atoms with Crippen LogP contribution in [0.1, 0.15) is 66.2 Å². The molecular formula is C14H26O. The molecule has 1 nitrogen and oxygen atoms in total. The highest BCUT2D eigenvalue weighted by Crippen LogP contribution is 2.17. The van der Waals surface area contributed by atoms with Crippen LogP contribution in [0.15, 0.2) is 11.6 Å². The van der Waals surface area contributed by atoms with Crippen LogP contribution in [0.2, 0.25) is 0 Å². The lowest BCUT2D eigenvalue weighted by molar-refractivity contribution is -0.119. The molecule has 0 rings (SSSR count). The van der Waals surface area contributed by atoms with Gasteiger partial charge in [-0.25, -0.2) is 0 Å². The summed E-state index contributed by atoms with van der Waals surface area (Å²) in [6.07, 6.45) is 8.48. The highest BCUT2D eigenvalue weighted by Gasteiger charge is 2.15. The van der Waals surface area contributed by atoms with Crippen LogP contribution in [-0.4, -0.2) is 5.78 Å². The quantitative estimate of drug-likeness (QED) is 0.538. The molecule has 88 valence electrons. The SMILES string of the molecule is CC/C=C(\CCC)C(=O)C(C)CCCC. The average Bonchev–Trinajstić information content (AvgIpc) is 2.24. The van der Waals surface area contributed by atoms with Crippen molar-refractivity contribution in [1.82, 2.24) is 0 Å². The Labute approximate surface area is 95.0 Å². The van der Waals surface area contributed by atoms with Gasteiger partial charge in [-0.05, 0) is 24.8 Å². The smallest absolute Gasteiger partial charge is 0.161 e. The van der Waals surface area contributed by atoms with Gasteiger partial charge in [-0.1, -0.05) is 53.0 Å². The maximum Gasteiger partial charge on any atom is 0.161 e. The van der Waals surface area contributed by atoms with Gasteiger partial charge in [0.25, 0.3) is 0 Å². The maximum atomic E-state index is 12.1. The fourth-order valence-corrected chi connectivity index (χ4v) is 1.80. The van der Waals surface area contributed by atoms with Crippen molar-refractivity contribution in [3.63, 3.8) is 0 Å². The Balaban J connectivity index is 4.29. The molecule has 0 amide bonds. The molecule has 0 bridgehead atoms. The zero-order valence-electron chi connectivity index (χ0n) is 10.8. The highest BCUT2D eigenvalue weighted by molar-refractivity contribution is 5.96. The normalized spacial score (nSPS) is 14.0. The van der Waals surface area contributed by atoms with E-state index in [4.69, 9.17) is 0 Å². The summed E-state index contributed by atoms with van der Waals surface area (Å²) in [5.74, 6) is 0.599. The molecule has 15 heavy (non-hydrogen) atoms. The van der Waals surface area contributed by atoms with Gasteiger partial charge >= 0.3 is 0 Å². The van der Waals surface area contributed by atoms with Crippen LogP contribution >= 0.6 is 0 Å². The first-order chi connectivity index (χ1) is 7.17. The van der Waals surface area contributed by atoms with Crippen LogP contribution < -0.4 is 0 Å². The molecule has 0 aliphatic carbocycles. The lowest BCUT2D eigenvalue weighted by atomic mass is 9.92. The third kappa shape index (κ3) is 5.76. The second-order valence-electron chi connectivity index (χ2n) is 4.30. The maximum absolute atomic E-state index is 12.1. The Bertz CT molecular complexity index is 203. The number of ketones is 1. The molecule has 0 aliphatic heterocycles. The number of hydrogen-bond acceptors (Lipinski definition) is 1. The van der Waals surface area contributed by atoms with Crippen LogP contribution in [0, 0.1) is 5.92 Å². The van der Waals surface area contributed by atoms with Gasteiger partial charge in [0.05, 0.1) is 0 Å². The van der Waals surface area contributed by atoms with Crippen LogP contribution in [0.3, 0.4) is 0 Å². The molecule has 0 aliphatic rings. The average molecular weight is 210 g/mol.